The van der Waals surface area contributed by atoms with E-state index in [1.165, 1.54) is 0 Å². The largest absolute Gasteiger partial charge is 0.459 e. The van der Waals surface area contributed by atoms with Gasteiger partial charge >= 0.3 is 5.97 Å². The van der Waals surface area contributed by atoms with Gasteiger partial charge in [0, 0.05) is 54.6 Å². The monoisotopic (exact) mass is 596 g/mol. The fraction of sp³-hybridized carbons (Fsp3) is 0.655. The maximum absolute atomic E-state index is 13.7. The fourth-order valence-corrected chi connectivity index (χ4v) is 5.93. The molecule has 1 aromatic carbocycles. The van der Waals surface area contributed by atoms with E-state index in [2.05, 4.69) is 10.2 Å². The predicted octanol–water partition coefficient (Wildman–Crippen LogP) is 3.37. The Kier molecular flexibility index (Phi) is 11.8. The Morgan fingerprint density at radius 3 is 2.40 bits per heavy atom. The molecule has 1 heterocycles. The molecule has 3 rings (SSSR count). The van der Waals surface area contributed by atoms with Crippen LogP contribution in [0.15, 0.2) is 18.2 Å². The van der Waals surface area contributed by atoms with Gasteiger partial charge in [-0.25, -0.2) is 0 Å². The molecular formula is C29H42Cl2N4O5. The molecule has 11 heteroatoms. The van der Waals surface area contributed by atoms with Crippen LogP contribution >= 0.6 is 23.2 Å². The molecule has 0 bridgehead atoms. The maximum Gasteiger partial charge on any atom is 0.323 e. The van der Waals surface area contributed by atoms with Crippen LogP contribution in [0.5, 0.6) is 0 Å². The molecule has 2 amide bonds. The lowest BCUT2D eigenvalue weighted by molar-refractivity contribution is -0.157. The second kappa shape index (κ2) is 14.6. The molecule has 1 aromatic rings. The first-order chi connectivity index (χ1) is 18.9. The van der Waals surface area contributed by atoms with Gasteiger partial charge in [-0.05, 0) is 51.3 Å². The minimum Gasteiger partial charge on any atom is -0.459 e. The Labute approximate surface area is 247 Å². The number of ether oxygens (including phenoxy) is 1. The van der Waals surface area contributed by atoms with Gasteiger partial charge in [0.15, 0.2) is 0 Å². The van der Waals surface area contributed by atoms with Crippen molar-refractivity contribution in [3.8, 4) is 0 Å². The molecule has 0 spiro atoms. The number of nitrogens with zero attached hydrogens (tertiary/aromatic N) is 2. The first-order valence-electron chi connectivity index (χ1n) is 14.1. The number of halogens is 2. The number of carbonyl (C=O) groups is 4. The number of piperazine rings is 1. The SMILES string of the molecule is CC(C)(C)OC(=O)C(N)CC(=O)NC(Cc1ccc(Cl)cc1Cl)C(=O)N1CCN(C2CCCCCC2C=O)CC1. The molecular weight excluding hydrogens is 555 g/mol. The van der Waals surface area contributed by atoms with Crippen molar-refractivity contribution in [1.82, 2.24) is 15.1 Å². The second-order valence-corrected chi connectivity index (χ2v) is 12.6. The lowest BCUT2D eigenvalue weighted by atomic mass is 9.94. The fourth-order valence-electron chi connectivity index (χ4n) is 5.44. The number of rotatable bonds is 9. The third-order valence-corrected chi connectivity index (χ3v) is 8.08. The molecule has 0 radical (unpaired) electrons. The zero-order chi connectivity index (χ0) is 29.4. The Balaban J connectivity index is 1.69. The summed E-state index contributed by atoms with van der Waals surface area (Å²) >= 11 is 12.4. The normalized spacial score (nSPS) is 22.1. The van der Waals surface area contributed by atoms with Gasteiger partial charge in [-0.1, -0.05) is 48.5 Å². The van der Waals surface area contributed by atoms with Crippen molar-refractivity contribution in [2.75, 3.05) is 26.2 Å². The van der Waals surface area contributed by atoms with Crippen LogP contribution < -0.4 is 11.1 Å². The van der Waals surface area contributed by atoms with E-state index < -0.39 is 29.6 Å². The highest BCUT2D eigenvalue weighted by Gasteiger charge is 2.35. The van der Waals surface area contributed by atoms with Gasteiger partial charge in [0.1, 0.15) is 24.0 Å². The number of hydrogen-bond donors (Lipinski definition) is 2. The van der Waals surface area contributed by atoms with Crippen LogP contribution in [0, 0.1) is 5.92 Å². The molecule has 1 saturated carbocycles. The zero-order valence-electron chi connectivity index (χ0n) is 23.7. The smallest absolute Gasteiger partial charge is 0.323 e. The number of aldehydes is 1. The van der Waals surface area contributed by atoms with Crippen LogP contribution in [0.25, 0.3) is 0 Å². The van der Waals surface area contributed by atoms with E-state index in [4.69, 9.17) is 33.7 Å². The van der Waals surface area contributed by atoms with Gasteiger partial charge in [-0.2, -0.15) is 0 Å². The van der Waals surface area contributed by atoms with Crippen molar-refractivity contribution in [1.29, 1.82) is 0 Å². The predicted molar refractivity (Wildman–Crippen MR) is 155 cm³/mol. The van der Waals surface area contributed by atoms with Crippen molar-refractivity contribution in [2.24, 2.45) is 11.7 Å². The zero-order valence-corrected chi connectivity index (χ0v) is 25.2. The van der Waals surface area contributed by atoms with Crippen molar-refractivity contribution in [3.05, 3.63) is 33.8 Å². The van der Waals surface area contributed by atoms with E-state index >= 15 is 0 Å². The van der Waals surface area contributed by atoms with E-state index in [0.29, 0.717) is 41.8 Å². The molecule has 3 N–H and O–H groups in total. The topological polar surface area (TPSA) is 122 Å². The second-order valence-electron chi connectivity index (χ2n) is 11.8. The lowest BCUT2D eigenvalue weighted by Crippen LogP contribution is -2.58. The van der Waals surface area contributed by atoms with Crippen molar-refractivity contribution in [3.63, 3.8) is 0 Å². The first-order valence-corrected chi connectivity index (χ1v) is 14.8. The maximum atomic E-state index is 13.7. The summed E-state index contributed by atoms with van der Waals surface area (Å²) in [5.41, 5.74) is 5.86. The standard InChI is InChI=1S/C29H42Cl2N4O5/c1-29(2,3)40-28(39)23(32)17-26(37)33-24(15-19-9-10-21(30)16-22(19)31)27(38)35-13-11-34(12-14-35)25-8-6-4-5-7-20(25)18-36/h9-10,16,18,20,23-25H,4-8,11-15,17,32H2,1-3H3,(H,33,37). The number of benzene rings is 1. The van der Waals surface area contributed by atoms with Crippen molar-refractivity contribution >= 4 is 47.3 Å². The number of carbonyl (C=O) groups excluding carboxylic acids is 4. The van der Waals surface area contributed by atoms with Crippen LogP contribution in [0.4, 0.5) is 0 Å². The van der Waals surface area contributed by atoms with Gasteiger partial charge < -0.3 is 25.5 Å². The molecule has 1 aliphatic carbocycles. The van der Waals surface area contributed by atoms with E-state index in [-0.39, 0.29) is 30.7 Å². The molecule has 222 valence electrons. The highest BCUT2D eigenvalue weighted by Crippen LogP contribution is 2.28. The van der Waals surface area contributed by atoms with Gasteiger partial charge in [0.2, 0.25) is 11.8 Å². The van der Waals surface area contributed by atoms with E-state index in [1.54, 1.807) is 43.9 Å². The Hall–Kier alpha value is -2.20. The van der Waals surface area contributed by atoms with Gasteiger partial charge in [0.05, 0.1) is 6.42 Å². The average molecular weight is 598 g/mol. The molecule has 2 fully saturated rings. The van der Waals surface area contributed by atoms with E-state index in [1.807, 2.05) is 0 Å². The molecule has 4 unspecified atom stereocenters. The number of nitrogens with one attached hydrogen (secondary N) is 1. The van der Waals surface area contributed by atoms with Crippen LogP contribution in [0.2, 0.25) is 10.0 Å². The minimum atomic E-state index is -1.16. The third kappa shape index (κ3) is 9.43. The summed E-state index contributed by atoms with van der Waals surface area (Å²) in [5, 5.41) is 3.64. The van der Waals surface area contributed by atoms with Crippen LogP contribution in [0.1, 0.15) is 64.9 Å². The highest BCUT2D eigenvalue weighted by atomic mass is 35.5. The third-order valence-electron chi connectivity index (χ3n) is 7.49. The molecule has 4 atom stereocenters. The summed E-state index contributed by atoms with van der Waals surface area (Å²) < 4.78 is 5.28. The minimum absolute atomic E-state index is 0.0259. The van der Waals surface area contributed by atoms with Gasteiger partial charge in [0.25, 0.3) is 0 Å². The Morgan fingerprint density at radius 2 is 1.77 bits per heavy atom. The summed E-state index contributed by atoms with van der Waals surface area (Å²) in [6.07, 6.45) is 6.15. The summed E-state index contributed by atoms with van der Waals surface area (Å²) in [7, 11) is 0. The quantitative estimate of drug-likeness (QED) is 0.254. The van der Waals surface area contributed by atoms with Crippen LogP contribution in [-0.2, 0) is 30.3 Å². The van der Waals surface area contributed by atoms with Crippen molar-refractivity contribution in [2.45, 2.75) is 89.4 Å². The molecule has 1 saturated heterocycles. The molecule has 9 nitrogen and oxygen atoms in total. The van der Waals surface area contributed by atoms with Crippen LogP contribution in [0.3, 0.4) is 0 Å². The Bertz CT molecular complexity index is 1060. The van der Waals surface area contributed by atoms with Gasteiger partial charge in [-0.3, -0.25) is 19.3 Å². The number of hydrogen-bond acceptors (Lipinski definition) is 7. The van der Waals surface area contributed by atoms with Crippen LogP contribution in [-0.4, -0.2) is 83.8 Å². The molecule has 2 aliphatic rings. The van der Waals surface area contributed by atoms with E-state index in [9.17, 15) is 19.2 Å². The Morgan fingerprint density at radius 1 is 1.10 bits per heavy atom. The first kappa shape index (κ1) is 32.3. The number of nitrogens with two attached hydrogens (primary N) is 1. The molecule has 1 aliphatic heterocycles. The summed E-state index contributed by atoms with van der Waals surface area (Å²) in [6.45, 7) is 7.45. The summed E-state index contributed by atoms with van der Waals surface area (Å²) in [5.74, 6) is -1.43. The van der Waals surface area contributed by atoms with Crippen molar-refractivity contribution < 1.29 is 23.9 Å². The summed E-state index contributed by atoms with van der Waals surface area (Å²) in [6, 6.07) is 3.13. The number of esters is 1. The number of amides is 2. The average Bonchev–Trinajstić information content (AvgIpc) is 3.14. The molecule has 0 aromatic heterocycles. The lowest BCUT2D eigenvalue weighted by Gasteiger charge is -2.41. The summed E-state index contributed by atoms with van der Waals surface area (Å²) in [4.78, 5) is 54.8. The highest BCUT2D eigenvalue weighted by molar-refractivity contribution is 6.35. The molecule has 40 heavy (non-hydrogen) atoms. The van der Waals surface area contributed by atoms with E-state index in [0.717, 1.165) is 38.4 Å². The van der Waals surface area contributed by atoms with Gasteiger partial charge in [-0.15, -0.1) is 0 Å².